The molecule has 8 nitrogen and oxygen atoms in total. The number of methoxy groups -OCH3 is 1. The SMILES string of the molecule is C=CCn1c(SCC(=O)Nc2ccc(Cl)c(Cl)c2)nnc1C(C)NC(=O)Cc1ccc(OC)cc1. The third kappa shape index (κ3) is 7.48. The van der Waals surface area contributed by atoms with Crippen LogP contribution < -0.4 is 15.4 Å². The standard InChI is InChI=1S/C24H25Cl2N5O3S/c1-4-11-31-23(15(2)27-21(32)12-16-5-8-18(34-3)9-6-16)29-30-24(31)35-14-22(33)28-17-7-10-19(25)20(26)13-17/h4-10,13,15H,1,11-12,14H2,2-3H3,(H,27,32)(H,28,33). The number of hydrogen-bond donors (Lipinski definition) is 2. The van der Waals surface area contributed by atoms with Crippen LogP contribution in [0.25, 0.3) is 0 Å². The molecule has 1 heterocycles. The highest BCUT2D eigenvalue weighted by Gasteiger charge is 2.20. The van der Waals surface area contributed by atoms with Gasteiger partial charge in [-0.1, -0.05) is 53.2 Å². The molecule has 0 aliphatic carbocycles. The summed E-state index contributed by atoms with van der Waals surface area (Å²) in [5.41, 5.74) is 1.42. The van der Waals surface area contributed by atoms with Gasteiger partial charge in [0.2, 0.25) is 11.8 Å². The second-order valence-electron chi connectivity index (χ2n) is 7.52. The van der Waals surface area contributed by atoms with Gasteiger partial charge in [0, 0.05) is 12.2 Å². The zero-order valence-corrected chi connectivity index (χ0v) is 21.6. The number of amides is 2. The minimum Gasteiger partial charge on any atom is -0.497 e. The molecule has 1 unspecified atom stereocenters. The lowest BCUT2D eigenvalue weighted by Gasteiger charge is -2.15. The zero-order valence-electron chi connectivity index (χ0n) is 19.3. The molecule has 2 amide bonds. The number of ether oxygens (including phenoxy) is 1. The molecule has 35 heavy (non-hydrogen) atoms. The maximum absolute atomic E-state index is 12.6. The van der Waals surface area contributed by atoms with Gasteiger partial charge in [0.25, 0.3) is 0 Å². The molecular formula is C24H25Cl2N5O3S. The Bertz CT molecular complexity index is 1200. The van der Waals surface area contributed by atoms with Crippen molar-refractivity contribution in [1.82, 2.24) is 20.1 Å². The average Bonchev–Trinajstić information content (AvgIpc) is 3.23. The molecule has 2 N–H and O–H groups in total. The molecule has 1 atom stereocenters. The number of rotatable bonds is 11. The van der Waals surface area contributed by atoms with E-state index >= 15 is 0 Å². The summed E-state index contributed by atoms with van der Waals surface area (Å²) in [5, 5.41) is 15.5. The molecule has 0 saturated heterocycles. The summed E-state index contributed by atoms with van der Waals surface area (Å²) < 4.78 is 6.97. The second-order valence-corrected chi connectivity index (χ2v) is 9.28. The highest BCUT2D eigenvalue weighted by Crippen LogP contribution is 2.26. The molecule has 3 rings (SSSR count). The number of benzene rings is 2. The van der Waals surface area contributed by atoms with Gasteiger partial charge in [0.15, 0.2) is 11.0 Å². The Morgan fingerprint density at radius 3 is 2.54 bits per heavy atom. The van der Waals surface area contributed by atoms with Crippen LogP contribution in [0.15, 0.2) is 60.3 Å². The summed E-state index contributed by atoms with van der Waals surface area (Å²) in [6.45, 7) is 6.05. The van der Waals surface area contributed by atoms with Gasteiger partial charge >= 0.3 is 0 Å². The Hall–Kier alpha value is -3.01. The minimum absolute atomic E-state index is 0.105. The average molecular weight is 534 g/mol. The van der Waals surface area contributed by atoms with Crippen molar-refractivity contribution in [3.8, 4) is 5.75 Å². The van der Waals surface area contributed by atoms with Crippen molar-refractivity contribution >= 4 is 52.5 Å². The Morgan fingerprint density at radius 1 is 1.14 bits per heavy atom. The summed E-state index contributed by atoms with van der Waals surface area (Å²) in [6, 6.07) is 11.8. The molecule has 0 saturated carbocycles. The van der Waals surface area contributed by atoms with Crippen molar-refractivity contribution in [2.75, 3.05) is 18.2 Å². The van der Waals surface area contributed by atoms with Crippen molar-refractivity contribution in [2.24, 2.45) is 0 Å². The number of nitrogens with one attached hydrogen (secondary N) is 2. The lowest BCUT2D eigenvalue weighted by molar-refractivity contribution is -0.121. The maximum atomic E-state index is 12.6. The summed E-state index contributed by atoms with van der Waals surface area (Å²) in [5.74, 6) is 1.03. The quantitative estimate of drug-likeness (QED) is 0.268. The number of halogens is 2. The van der Waals surface area contributed by atoms with Crippen molar-refractivity contribution in [1.29, 1.82) is 0 Å². The van der Waals surface area contributed by atoms with Crippen LogP contribution in [0, 0.1) is 0 Å². The number of thioether (sulfide) groups is 1. The first-order valence-electron chi connectivity index (χ1n) is 10.6. The van der Waals surface area contributed by atoms with Gasteiger partial charge in [0.05, 0.1) is 35.4 Å². The van der Waals surface area contributed by atoms with Crippen molar-refractivity contribution < 1.29 is 14.3 Å². The van der Waals surface area contributed by atoms with E-state index in [0.717, 1.165) is 11.3 Å². The van der Waals surface area contributed by atoms with Crippen molar-refractivity contribution in [3.05, 3.63) is 76.6 Å². The van der Waals surface area contributed by atoms with E-state index < -0.39 is 6.04 Å². The van der Waals surface area contributed by atoms with Gasteiger partial charge in [-0.05, 0) is 42.8 Å². The van der Waals surface area contributed by atoms with E-state index in [2.05, 4.69) is 27.4 Å². The molecule has 1 aromatic heterocycles. The van der Waals surface area contributed by atoms with E-state index in [-0.39, 0.29) is 24.0 Å². The monoisotopic (exact) mass is 533 g/mol. The number of carbonyl (C=O) groups excluding carboxylic acids is 2. The Kier molecular flexibility index (Phi) is 9.59. The van der Waals surface area contributed by atoms with E-state index in [9.17, 15) is 9.59 Å². The Balaban J connectivity index is 1.60. The van der Waals surface area contributed by atoms with Crippen LogP contribution in [0.5, 0.6) is 5.75 Å². The fraction of sp³-hybridized carbons (Fsp3) is 0.250. The normalized spacial score (nSPS) is 11.5. The van der Waals surface area contributed by atoms with Crippen LogP contribution in [0.2, 0.25) is 10.0 Å². The third-order valence-corrected chi connectivity index (χ3v) is 6.59. The van der Waals surface area contributed by atoms with Gasteiger partial charge in [-0.15, -0.1) is 16.8 Å². The van der Waals surface area contributed by atoms with Crippen LogP contribution in [0.3, 0.4) is 0 Å². The molecular weight excluding hydrogens is 509 g/mol. The molecule has 0 radical (unpaired) electrons. The van der Waals surface area contributed by atoms with Gasteiger partial charge in [0.1, 0.15) is 5.75 Å². The first kappa shape index (κ1) is 26.6. The first-order valence-corrected chi connectivity index (χ1v) is 12.4. The van der Waals surface area contributed by atoms with Crippen molar-refractivity contribution in [2.45, 2.75) is 31.1 Å². The summed E-state index contributed by atoms with van der Waals surface area (Å²) >= 11 is 13.1. The number of nitrogens with zero attached hydrogens (tertiary/aromatic N) is 3. The number of allylic oxidation sites excluding steroid dienone is 1. The van der Waals surface area contributed by atoms with Crippen LogP contribution >= 0.6 is 35.0 Å². The predicted molar refractivity (Wildman–Crippen MR) is 139 cm³/mol. The van der Waals surface area contributed by atoms with Crippen LogP contribution in [-0.2, 0) is 22.6 Å². The molecule has 3 aromatic rings. The van der Waals surface area contributed by atoms with Gasteiger partial charge in [-0.3, -0.25) is 9.59 Å². The summed E-state index contributed by atoms with van der Waals surface area (Å²) in [4.78, 5) is 25.0. The maximum Gasteiger partial charge on any atom is 0.234 e. The number of anilines is 1. The molecule has 0 aliphatic rings. The minimum atomic E-state index is -0.396. The highest BCUT2D eigenvalue weighted by atomic mass is 35.5. The molecule has 0 bridgehead atoms. The smallest absolute Gasteiger partial charge is 0.234 e. The Labute approximate surface area is 218 Å². The largest absolute Gasteiger partial charge is 0.497 e. The molecule has 0 aliphatic heterocycles. The lowest BCUT2D eigenvalue weighted by atomic mass is 10.1. The lowest BCUT2D eigenvalue weighted by Crippen LogP contribution is -2.30. The van der Waals surface area contributed by atoms with Crippen LogP contribution in [0.1, 0.15) is 24.4 Å². The van der Waals surface area contributed by atoms with Crippen LogP contribution in [0.4, 0.5) is 5.69 Å². The third-order valence-electron chi connectivity index (χ3n) is 4.88. The van der Waals surface area contributed by atoms with E-state index in [1.54, 1.807) is 31.4 Å². The van der Waals surface area contributed by atoms with E-state index in [0.29, 0.717) is 33.3 Å². The van der Waals surface area contributed by atoms with E-state index in [1.807, 2.05) is 35.8 Å². The molecule has 11 heteroatoms. The molecule has 184 valence electrons. The van der Waals surface area contributed by atoms with Crippen LogP contribution in [-0.4, -0.2) is 39.4 Å². The number of aromatic nitrogens is 3. The van der Waals surface area contributed by atoms with Gasteiger partial charge < -0.3 is 19.9 Å². The van der Waals surface area contributed by atoms with E-state index in [4.69, 9.17) is 27.9 Å². The highest BCUT2D eigenvalue weighted by molar-refractivity contribution is 7.99. The van der Waals surface area contributed by atoms with Gasteiger partial charge in [-0.25, -0.2) is 0 Å². The number of carbonyl (C=O) groups is 2. The zero-order chi connectivity index (χ0) is 25.4. The second kappa shape index (κ2) is 12.6. The predicted octanol–water partition coefficient (Wildman–Crippen LogP) is 4.93. The topological polar surface area (TPSA) is 98.1 Å². The molecule has 2 aromatic carbocycles. The summed E-state index contributed by atoms with van der Waals surface area (Å²) in [6.07, 6.45) is 1.93. The van der Waals surface area contributed by atoms with Crippen molar-refractivity contribution in [3.63, 3.8) is 0 Å². The Morgan fingerprint density at radius 2 is 1.89 bits per heavy atom. The summed E-state index contributed by atoms with van der Waals surface area (Å²) in [7, 11) is 1.59. The fourth-order valence-corrected chi connectivity index (χ4v) is 4.27. The molecule has 0 spiro atoms. The van der Waals surface area contributed by atoms with E-state index in [1.165, 1.54) is 11.8 Å². The fourth-order valence-electron chi connectivity index (χ4n) is 3.21. The molecule has 0 fully saturated rings. The first-order chi connectivity index (χ1) is 16.8. The number of hydrogen-bond acceptors (Lipinski definition) is 6. The van der Waals surface area contributed by atoms with Gasteiger partial charge in [-0.2, -0.15) is 0 Å².